The number of para-hydroxylation sites is 1. The van der Waals surface area contributed by atoms with Gasteiger partial charge in [-0.05, 0) is 68.3 Å². The Morgan fingerprint density at radius 1 is 1.06 bits per heavy atom. The highest BCUT2D eigenvalue weighted by molar-refractivity contribution is 8.05. The number of aromatic nitrogens is 1. The van der Waals surface area contributed by atoms with Gasteiger partial charge in [0.2, 0.25) is 0 Å². The Bertz CT molecular complexity index is 1210. The first-order valence-corrected chi connectivity index (χ1v) is 10.6. The molecule has 2 N–H and O–H groups in total. The van der Waals surface area contributed by atoms with Crippen LogP contribution < -0.4 is 4.90 Å². The van der Waals surface area contributed by atoms with Gasteiger partial charge in [0.25, 0.3) is 5.91 Å². The molecular formula is C24H22N2O4S. The van der Waals surface area contributed by atoms with E-state index in [-0.39, 0.29) is 11.5 Å². The quantitative estimate of drug-likeness (QED) is 0.591. The lowest BCUT2D eigenvalue weighted by Gasteiger charge is -2.18. The average Bonchev–Trinajstić information content (AvgIpc) is 3.17. The number of carbonyl (C=O) groups excluding carboxylic acids is 1. The minimum absolute atomic E-state index is 0.252. The van der Waals surface area contributed by atoms with Crippen LogP contribution in [0.1, 0.15) is 32.9 Å². The van der Waals surface area contributed by atoms with Crippen molar-refractivity contribution >= 4 is 35.4 Å². The summed E-state index contributed by atoms with van der Waals surface area (Å²) in [5, 5.41) is 19.9. The number of carboxylic acids is 1. The van der Waals surface area contributed by atoms with Gasteiger partial charge in [-0.2, -0.15) is 0 Å². The van der Waals surface area contributed by atoms with E-state index < -0.39 is 11.5 Å². The summed E-state index contributed by atoms with van der Waals surface area (Å²) in [6.07, 6.45) is 1.79. The summed E-state index contributed by atoms with van der Waals surface area (Å²) in [5.41, 5.74) is 4.02. The maximum absolute atomic E-state index is 13.0. The van der Waals surface area contributed by atoms with Crippen molar-refractivity contribution in [1.29, 1.82) is 0 Å². The molecule has 0 spiro atoms. The van der Waals surface area contributed by atoms with Gasteiger partial charge in [-0.15, -0.1) is 0 Å². The van der Waals surface area contributed by atoms with Crippen LogP contribution in [-0.2, 0) is 4.79 Å². The Hall–Kier alpha value is -3.29. The lowest BCUT2D eigenvalue weighted by molar-refractivity contribution is -0.114. The van der Waals surface area contributed by atoms with Crippen LogP contribution in [0.5, 0.6) is 0 Å². The van der Waals surface area contributed by atoms with Gasteiger partial charge in [0, 0.05) is 22.8 Å². The smallest absolute Gasteiger partial charge is 0.336 e. The molecule has 1 aliphatic rings. The standard InChI is InChI=1S/C24H22N2O4S/c1-14-12-17(16(3)25(14)20-11-7-10-19(15(20)2)23(28)29)13-21-22(27)26(24(30)31-21)18-8-5-4-6-9-18/h4-13,24,30H,1-3H3,(H,28,29)/b21-13+. The van der Waals surface area contributed by atoms with Crippen LogP contribution in [0.3, 0.4) is 0 Å². The first-order chi connectivity index (χ1) is 14.8. The molecule has 1 aliphatic heterocycles. The van der Waals surface area contributed by atoms with Crippen molar-refractivity contribution in [3.8, 4) is 5.69 Å². The van der Waals surface area contributed by atoms with E-state index in [0.29, 0.717) is 16.2 Å². The van der Waals surface area contributed by atoms with E-state index in [1.165, 1.54) is 4.90 Å². The second-order valence-corrected chi connectivity index (χ2v) is 8.48. The van der Waals surface area contributed by atoms with Crippen molar-refractivity contribution in [1.82, 2.24) is 4.57 Å². The van der Waals surface area contributed by atoms with Crippen molar-refractivity contribution in [3.63, 3.8) is 0 Å². The maximum Gasteiger partial charge on any atom is 0.336 e. The normalized spacial score (nSPS) is 17.5. The third-order valence-corrected chi connectivity index (χ3v) is 6.42. The first kappa shape index (κ1) is 21.0. The predicted molar refractivity (Wildman–Crippen MR) is 122 cm³/mol. The topological polar surface area (TPSA) is 82.8 Å². The lowest BCUT2D eigenvalue weighted by Crippen LogP contribution is -2.31. The number of aryl methyl sites for hydroxylation is 1. The molecule has 0 aliphatic carbocycles. The van der Waals surface area contributed by atoms with Gasteiger partial charge in [-0.1, -0.05) is 36.0 Å². The number of aliphatic hydroxyl groups is 1. The molecule has 1 saturated heterocycles. The third kappa shape index (κ3) is 3.66. The van der Waals surface area contributed by atoms with Crippen LogP contribution in [0, 0.1) is 20.8 Å². The summed E-state index contributed by atoms with van der Waals surface area (Å²) in [6, 6.07) is 16.2. The van der Waals surface area contributed by atoms with E-state index in [0.717, 1.165) is 34.4 Å². The molecule has 1 amide bonds. The molecule has 2 aromatic carbocycles. The number of carboxylic acid groups (broad SMARTS) is 1. The number of thioether (sulfide) groups is 1. The first-order valence-electron chi connectivity index (χ1n) is 9.77. The molecule has 1 atom stereocenters. The third-order valence-electron chi connectivity index (χ3n) is 5.45. The SMILES string of the molecule is Cc1c(C(=O)O)cccc1-n1c(C)cc(/C=C2/SC(O)N(c3ccccc3)C2=O)c1C. The Labute approximate surface area is 184 Å². The van der Waals surface area contributed by atoms with Gasteiger partial charge in [0.05, 0.1) is 10.5 Å². The molecule has 4 rings (SSSR count). The summed E-state index contributed by atoms with van der Waals surface area (Å²) in [6.45, 7) is 5.67. The van der Waals surface area contributed by atoms with E-state index in [4.69, 9.17) is 0 Å². The second kappa shape index (κ2) is 8.09. The summed E-state index contributed by atoms with van der Waals surface area (Å²) in [4.78, 5) is 26.3. The monoisotopic (exact) mass is 434 g/mol. The van der Waals surface area contributed by atoms with E-state index in [2.05, 4.69) is 0 Å². The number of hydrogen-bond donors (Lipinski definition) is 2. The minimum atomic E-state index is -0.987. The van der Waals surface area contributed by atoms with E-state index >= 15 is 0 Å². The fourth-order valence-corrected chi connectivity index (χ4v) is 4.85. The molecule has 158 valence electrons. The zero-order valence-corrected chi connectivity index (χ0v) is 18.2. The molecule has 1 aromatic heterocycles. The van der Waals surface area contributed by atoms with Crippen LogP contribution in [0.4, 0.5) is 5.69 Å². The number of nitrogens with zero attached hydrogens (tertiary/aromatic N) is 2. The van der Waals surface area contributed by atoms with Crippen molar-refractivity contribution in [3.05, 3.63) is 87.6 Å². The number of hydrogen-bond acceptors (Lipinski definition) is 4. The second-order valence-electron chi connectivity index (χ2n) is 7.38. The number of carbonyl (C=O) groups is 2. The fraction of sp³-hybridized carbons (Fsp3) is 0.167. The Balaban J connectivity index is 1.74. The van der Waals surface area contributed by atoms with Gasteiger partial charge >= 0.3 is 5.97 Å². The van der Waals surface area contributed by atoms with Gasteiger partial charge in [0.15, 0.2) is 5.56 Å². The van der Waals surface area contributed by atoms with Crippen molar-refractivity contribution in [2.24, 2.45) is 0 Å². The van der Waals surface area contributed by atoms with Crippen LogP contribution in [0.15, 0.2) is 59.5 Å². The Morgan fingerprint density at radius 3 is 2.45 bits per heavy atom. The zero-order chi connectivity index (χ0) is 22.3. The van der Waals surface area contributed by atoms with Crippen molar-refractivity contribution in [2.75, 3.05) is 4.90 Å². The Kier molecular flexibility index (Phi) is 5.47. The number of amides is 1. The average molecular weight is 435 g/mol. The van der Waals surface area contributed by atoms with Gasteiger partial charge in [-0.25, -0.2) is 4.79 Å². The molecule has 0 radical (unpaired) electrons. The molecule has 1 unspecified atom stereocenters. The highest BCUT2D eigenvalue weighted by atomic mass is 32.2. The van der Waals surface area contributed by atoms with Crippen LogP contribution in [0.2, 0.25) is 0 Å². The van der Waals surface area contributed by atoms with Crippen molar-refractivity contribution < 1.29 is 19.8 Å². The number of aliphatic hydroxyl groups excluding tert-OH is 1. The summed E-state index contributed by atoms with van der Waals surface area (Å²) in [7, 11) is 0. The molecule has 2 heterocycles. The number of benzene rings is 2. The maximum atomic E-state index is 13.0. The van der Waals surface area contributed by atoms with E-state index in [1.807, 2.05) is 48.7 Å². The number of anilines is 1. The molecule has 31 heavy (non-hydrogen) atoms. The molecular weight excluding hydrogens is 412 g/mol. The molecule has 0 saturated carbocycles. The number of aromatic carboxylic acids is 1. The Morgan fingerprint density at radius 2 is 1.77 bits per heavy atom. The molecule has 6 nitrogen and oxygen atoms in total. The summed E-state index contributed by atoms with van der Waals surface area (Å²) >= 11 is 1.11. The highest BCUT2D eigenvalue weighted by Gasteiger charge is 2.36. The largest absolute Gasteiger partial charge is 0.478 e. The zero-order valence-electron chi connectivity index (χ0n) is 17.4. The predicted octanol–water partition coefficient (Wildman–Crippen LogP) is 4.50. The van der Waals surface area contributed by atoms with Crippen LogP contribution in [-0.4, -0.2) is 32.2 Å². The van der Waals surface area contributed by atoms with Gasteiger partial charge < -0.3 is 14.8 Å². The number of rotatable bonds is 4. The molecule has 7 heteroatoms. The fourth-order valence-electron chi connectivity index (χ4n) is 3.91. The van der Waals surface area contributed by atoms with E-state index in [1.54, 1.807) is 37.3 Å². The summed E-state index contributed by atoms with van der Waals surface area (Å²) in [5.74, 6) is -1.22. The van der Waals surface area contributed by atoms with Crippen LogP contribution in [0.25, 0.3) is 11.8 Å². The lowest BCUT2D eigenvalue weighted by atomic mass is 10.1. The molecule has 1 fully saturated rings. The molecule has 3 aromatic rings. The van der Waals surface area contributed by atoms with E-state index in [9.17, 15) is 19.8 Å². The van der Waals surface area contributed by atoms with Crippen molar-refractivity contribution in [2.45, 2.75) is 26.3 Å². The highest BCUT2D eigenvalue weighted by Crippen LogP contribution is 2.38. The molecule has 0 bridgehead atoms. The van der Waals surface area contributed by atoms with Gasteiger partial charge in [0.1, 0.15) is 0 Å². The summed E-state index contributed by atoms with van der Waals surface area (Å²) < 4.78 is 1.99. The van der Waals surface area contributed by atoms with Crippen LogP contribution >= 0.6 is 11.8 Å². The van der Waals surface area contributed by atoms with Gasteiger partial charge in [-0.3, -0.25) is 9.69 Å². The minimum Gasteiger partial charge on any atom is -0.478 e.